The third kappa shape index (κ3) is 5.50. The highest BCUT2D eigenvalue weighted by Gasteiger charge is 2.17. The Hall–Kier alpha value is -0.770. The molecular weight excluding hydrogens is 286 g/mol. The van der Waals surface area contributed by atoms with Gasteiger partial charge in [-0.15, -0.1) is 12.4 Å². The van der Waals surface area contributed by atoms with Gasteiger partial charge in [0.2, 0.25) is 0 Å². The third-order valence-electron chi connectivity index (χ3n) is 4.16. The van der Waals surface area contributed by atoms with E-state index in [4.69, 9.17) is 4.74 Å². The van der Waals surface area contributed by atoms with Crippen LogP contribution >= 0.6 is 12.4 Å². The molecule has 2 rings (SSSR count). The van der Waals surface area contributed by atoms with Gasteiger partial charge >= 0.3 is 0 Å². The number of β-amino-alcohol motifs (C(OH)–C–C–N with tert-alkyl or cyclic N) is 1. The van der Waals surface area contributed by atoms with Crippen LogP contribution < -0.4 is 4.74 Å². The largest absolute Gasteiger partial charge is 0.491 e. The molecule has 1 aliphatic heterocycles. The number of halogens is 1. The molecule has 1 heterocycles. The second-order valence-corrected chi connectivity index (χ2v) is 5.82. The van der Waals surface area contributed by atoms with Crippen LogP contribution in [-0.4, -0.2) is 42.4 Å². The average molecular weight is 314 g/mol. The Labute approximate surface area is 134 Å². The number of hydrogen-bond donors (Lipinski definition) is 1. The van der Waals surface area contributed by atoms with Crippen molar-refractivity contribution in [1.29, 1.82) is 0 Å². The molecule has 120 valence electrons. The Balaban J connectivity index is 0.00000220. The van der Waals surface area contributed by atoms with Crippen LogP contribution in [0.25, 0.3) is 0 Å². The molecule has 1 aliphatic rings. The number of aliphatic hydroxyl groups excluding tert-OH is 1. The van der Waals surface area contributed by atoms with E-state index in [9.17, 15) is 5.11 Å². The van der Waals surface area contributed by atoms with E-state index in [0.717, 1.165) is 31.8 Å². The minimum atomic E-state index is -0.405. The van der Waals surface area contributed by atoms with Gasteiger partial charge < -0.3 is 14.7 Å². The van der Waals surface area contributed by atoms with Crippen LogP contribution in [0.4, 0.5) is 0 Å². The van der Waals surface area contributed by atoms with Crippen LogP contribution in [-0.2, 0) is 0 Å². The van der Waals surface area contributed by atoms with Gasteiger partial charge in [0.25, 0.3) is 0 Å². The summed E-state index contributed by atoms with van der Waals surface area (Å²) < 4.78 is 5.86. The summed E-state index contributed by atoms with van der Waals surface area (Å²) >= 11 is 0. The molecule has 0 radical (unpaired) electrons. The summed E-state index contributed by atoms with van der Waals surface area (Å²) in [5, 5.41) is 10.1. The van der Waals surface area contributed by atoms with E-state index in [0.29, 0.717) is 12.5 Å². The van der Waals surface area contributed by atoms with E-state index in [2.05, 4.69) is 30.9 Å². The summed E-state index contributed by atoms with van der Waals surface area (Å²) in [6.07, 6.45) is 3.20. The zero-order valence-electron chi connectivity index (χ0n) is 13.1. The second kappa shape index (κ2) is 9.29. The molecule has 21 heavy (non-hydrogen) atoms. The lowest BCUT2D eigenvalue weighted by molar-refractivity contribution is 0.0753. The van der Waals surface area contributed by atoms with E-state index in [-0.39, 0.29) is 12.4 Å². The van der Waals surface area contributed by atoms with Crippen molar-refractivity contribution < 1.29 is 9.84 Å². The molecule has 0 saturated carbocycles. The highest BCUT2D eigenvalue weighted by molar-refractivity contribution is 5.85. The molecule has 2 unspecified atom stereocenters. The van der Waals surface area contributed by atoms with Gasteiger partial charge in [-0.2, -0.15) is 0 Å². The van der Waals surface area contributed by atoms with Crippen LogP contribution in [0, 0.1) is 0 Å². The van der Waals surface area contributed by atoms with Crippen LogP contribution in [0.15, 0.2) is 24.3 Å². The smallest absolute Gasteiger partial charge is 0.122 e. The van der Waals surface area contributed by atoms with Crippen molar-refractivity contribution in [3.05, 3.63) is 29.8 Å². The van der Waals surface area contributed by atoms with Gasteiger partial charge in [-0.25, -0.2) is 0 Å². The minimum Gasteiger partial charge on any atom is -0.491 e. The zero-order valence-corrected chi connectivity index (χ0v) is 13.9. The molecule has 1 fully saturated rings. The molecule has 0 amide bonds. The van der Waals surface area contributed by atoms with Gasteiger partial charge in [-0.1, -0.05) is 32.0 Å². The minimum absolute atomic E-state index is 0. The lowest BCUT2D eigenvalue weighted by Gasteiger charge is -2.21. The maximum absolute atomic E-state index is 10.1. The highest BCUT2D eigenvalue weighted by Crippen LogP contribution is 2.28. The van der Waals surface area contributed by atoms with E-state index in [1.807, 2.05) is 12.1 Å². The fraction of sp³-hybridized carbons (Fsp3) is 0.647. The molecule has 1 aromatic carbocycles. The standard InChI is InChI=1S/C17H27NO2.ClH/c1-3-14(2)16-8-4-5-9-17(16)20-13-15(19)12-18-10-6-7-11-18;/h4-5,8-9,14-15,19H,3,6-7,10-13H2,1-2H3;1H. The second-order valence-electron chi connectivity index (χ2n) is 5.82. The molecule has 1 N–H and O–H groups in total. The number of aliphatic hydroxyl groups is 1. The van der Waals surface area contributed by atoms with Gasteiger partial charge in [-0.3, -0.25) is 0 Å². The van der Waals surface area contributed by atoms with Crippen LogP contribution in [0.1, 0.15) is 44.6 Å². The van der Waals surface area contributed by atoms with Gasteiger partial charge in [-0.05, 0) is 49.9 Å². The molecular formula is C17H28ClNO2. The monoisotopic (exact) mass is 313 g/mol. The van der Waals surface area contributed by atoms with Crippen molar-refractivity contribution in [2.75, 3.05) is 26.2 Å². The van der Waals surface area contributed by atoms with E-state index in [1.165, 1.54) is 18.4 Å². The summed E-state index contributed by atoms with van der Waals surface area (Å²) in [6.45, 7) is 7.73. The summed E-state index contributed by atoms with van der Waals surface area (Å²) in [5.41, 5.74) is 1.24. The Kier molecular flexibility index (Phi) is 8.09. The number of hydrogen-bond acceptors (Lipinski definition) is 3. The number of para-hydroxylation sites is 1. The molecule has 0 aliphatic carbocycles. The van der Waals surface area contributed by atoms with Gasteiger partial charge in [0.1, 0.15) is 18.5 Å². The number of nitrogens with zero attached hydrogens (tertiary/aromatic N) is 1. The molecule has 0 spiro atoms. The molecule has 1 aromatic rings. The SMILES string of the molecule is CCC(C)c1ccccc1OCC(O)CN1CCCC1.Cl. The quantitative estimate of drug-likeness (QED) is 0.837. The van der Waals surface area contributed by atoms with Crippen molar-refractivity contribution in [2.24, 2.45) is 0 Å². The molecule has 0 aromatic heterocycles. The number of benzene rings is 1. The maximum atomic E-state index is 10.1. The number of likely N-dealkylation sites (tertiary alicyclic amines) is 1. The summed E-state index contributed by atoms with van der Waals surface area (Å²) in [6, 6.07) is 8.17. The van der Waals surface area contributed by atoms with Crippen LogP contribution in [0.3, 0.4) is 0 Å². The normalized spacial score (nSPS) is 18.0. The summed E-state index contributed by atoms with van der Waals surface area (Å²) in [7, 11) is 0. The third-order valence-corrected chi connectivity index (χ3v) is 4.16. The predicted octanol–water partition coefficient (Wildman–Crippen LogP) is 3.46. The molecule has 0 bridgehead atoms. The lowest BCUT2D eigenvalue weighted by atomic mass is 9.98. The molecule has 3 nitrogen and oxygen atoms in total. The van der Waals surface area contributed by atoms with E-state index < -0.39 is 6.10 Å². The zero-order chi connectivity index (χ0) is 14.4. The Morgan fingerprint density at radius 1 is 1.24 bits per heavy atom. The highest BCUT2D eigenvalue weighted by atomic mass is 35.5. The summed E-state index contributed by atoms with van der Waals surface area (Å²) in [4.78, 5) is 2.31. The van der Waals surface area contributed by atoms with Gasteiger partial charge in [0.05, 0.1) is 0 Å². The van der Waals surface area contributed by atoms with Gasteiger partial charge in [0.15, 0.2) is 0 Å². The van der Waals surface area contributed by atoms with Crippen molar-refractivity contribution in [1.82, 2.24) is 4.90 Å². The fourth-order valence-corrected chi connectivity index (χ4v) is 2.74. The fourth-order valence-electron chi connectivity index (χ4n) is 2.74. The predicted molar refractivity (Wildman–Crippen MR) is 89.6 cm³/mol. The average Bonchev–Trinajstić information content (AvgIpc) is 2.97. The molecule has 1 saturated heterocycles. The van der Waals surface area contributed by atoms with Crippen LogP contribution in [0.2, 0.25) is 0 Å². The van der Waals surface area contributed by atoms with Crippen molar-refractivity contribution in [3.8, 4) is 5.75 Å². The van der Waals surface area contributed by atoms with Crippen molar-refractivity contribution in [3.63, 3.8) is 0 Å². The maximum Gasteiger partial charge on any atom is 0.122 e. The lowest BCUT2D eigenvalue weighted by Crippen LogP contribution is -2.33. The van der Waals surface area contributed by atoms with E-state index >= 15 is 0 Å². The Bertz CT molecular complexity index is 408. The molecule has 2 atom stereocenters. The number of rotatable bonds is 7. The first-order chi connectivity index (χ1) is 9.70. The number of ether oxygens (including phenoxy) is 1. The van der Waals surface area contributed by atoms with Crippen molar-refractivity contribution in [2.45, 2.75) is 45.1 Å². The first-order valence-electron chi connectivity index (χ1n) is 7.82. The summed E-state index contributed by atoms with van der Waals surface area (Å²) in [5.74, 6) is 1.41. The van der Waals surface area contributed by atoms with Gasteiger partial charge in [0, 0.05) is 6.54 Å². The first kappa shape index (κ1) is 18.3. The Morgan fingerprint density at radius 3 is 2.57 bits per heavy atom. The first-order valence-corrected chi connectivity index (χ1v) is 7.82. The van der Waals surface area contributed by atoms with E-state index in [1.54, 1.807) is 0 Å². The topological polar surface area (TPSA) is 32.7 Å². The van der Waals surface area contributed by atoms with Crippen molar-refractivity contribution >= 4 is 12.4 Å². The van der Waals surface area contributed by atoms with Crippen LogP contribution in [0.5, 0.6) is 5.75 Å². The molecule has 4 heteroatoms. The Morgan fingerprint density at radius 2 is 1.90 bits per heavy atom.